The summed E-state index contributed by atoms with van der Waals surface area (Å²) in [6.07, 6.45) is 2.81. The number of fused-ring (bicyclic) bond motifs is 3. The summed E-state index contributed by atoms with van der Waals surface area (Å²) in [5, 5.41) is 19.3. The van der Waals surface area contributed by atoms with Crippen LogP contribution < -0.4 is 0 Å². The molecule has 0 spiro atoms. The number of aliphatic carboxylic acids is 1. The average Bonchev–Trinajstić information content (AvgIpc) is 2.78. The Balaban J connectivity index is 2.28. The lowest BCUT2D eigenvalue weighted by atomic mass is 10.2. The second-order valence-electron chi connectivity index (χ2n) is 4.19. The van der Waals surface area contributed by atoms with Gasteiger partial charge in [-0.15, -0.1) is 0 Å². The maximum atomic E-state index is 10.8. The second kappa shape index (κ2) is 3.38. The van der Waals surface area contributed by atoms with Crippen LogP contribution in [-0.4, -0.2) is 20.7 Å². The van der Waals surface area contributed by atoms with Crippen LogP contribution in [0.3, 0.4) is 0 Å². The summed E-state index contributed by atoms with van der Waals surface area (Å²) in [5.41, 5.74) is 2.73. The second-order valence-corrected chi connectivity index (χ2v) is 4.19. The molecule has 17 heavy (non-hydrogen) atoms. The number of phenolic OH excluding ortho intramolecular Hbond substituents is 1. The van der Waals surface area contributed by atoms with Gasteiger partial charge in [-0.1, -0.05) is 0 Å². The third kappa shape index (κ3) is 1.49. The van der Waals surface area contributed by atoms with Gasteiger partial charge in [-0.05, 0) is 31.0 Å². The highest BCUT2D eigenvalue weighted by molar-refractivity contribution is 5.92. The van der Waals surface area contributed by atoms with Gasteiger partial charge in [0.2, 0.25) is 0 Å². The maximum absolute atomic E-state index is 10.8. The molecular weight excluding hydrogens is 218 g/mol. The Hall–Kier alpha value is -2.23. The molecule has 1 aliphatic rings. The van der Waals surface area contributed by atoms with Crippen molar-refractivity contribution in [1.29, 1.82) is 0 Å². The maximum Gasteiger partial charge on any atom is 0.330 e. The number of aromatic hydroxyl groups is 1. The zero-order valence-corrected chi connectivity index (χ0v) is 9.05. The quantitative estimate of drug-likeness (QED) is 0.737. The number of allylic oxidation sites excluding steroid dienone is 1. The SMILES string of the molecule is O=C(O)C=C1CCc2cc3ccc(O)cc3n21. The molecule has 3 rings (SSSR count). The first-order valence-electron chi connectivity index (χ1n) is 5.42. The van der Waals surface area contributed by atoms with Crippen LogP contribution in [-0.2, 0) is 11.2 Å². The van der Waals surface area contributed by atoms with Gasteiger partial charge in [0, 0.05) is 28.9 Å². The molecule has 0 saturated heterocycles. The van der Waals surface area contributed by atoms with Crippen molar-refractivity contribution in [1.82, 2.24) is 4.57 Å². The number of hydrogen-bond donors (Lipinski definition) is 2. The molecule has 0 aliphatic carbocycles. The Morgan fingerprint density at radius 3 is 2.88 bits per heavy atom. The zero-order chi connectivity index (χ0) is 12.0. The lowest BCUT2D eigenvalue weighted by molar-refractivity contribution is -0.131. The molecule has 0 bridgehead atoms. The van der Waals surface area contributed by atoms with Gasteiger partial charge in [0.25, 0.3) is 0 Å². The van der Waals surface area contributed by atoms with E-state index < -0.39 is 5.97 Å². The number of aryl methyl sites for hydroxylation is 1. The van der Waals surface area contributed by atoms with E-state index in [1.165, 1.54) is 6.08 Å². The van der Waals surface area contributed by atoms with E-state index in [0.29, 0.717) is 0 Å². The molecule has 1 aromatic heterocycles. The first-order chi connectivity index (χ1) is 8.15. The van der Waals surface area contributed by atoms with E-state index in [4.69, 9.17) is 5.11 Å². The first-order valence-corrected chi connectivity index (χ1v) is 5.42. The summed E-state index contributed by atoms with van der Waals surface area (Å²) in [5.74, 6) is -0.741. The molecule has 0 atom stereocenters. The van der Waals surface area contributed by atoms with Crippen molar-refractivity contribution in [2.24, 2.45) is 0 Å². The molecule has 0 saturated carbocycles. The molecule has 86 valence electrons. The van der Waals surface area contributed by atoms with Crippen molar-refractivity contribution in [3.05, 3.63) is 36.0 Å². The fourth-order valence-electron chi connectivity index (χ4n) is 2.42. The summed E-state index contributed by atoms with van der Waals surface area (Å²) in [4.78, 5) is 10.8. The highest BCUT2D eigenvalue weighted by Crippen LogP contribution is 2.33. The standard InChI is InChI=1S/C13H11NO3/c15-11-4-1-8-5-9-2-3-10(6-13(16)17)14(9)12(8)7-11/h1,4-7,15H,2-3H2,(H,16,17). The Kier molecular flexibility index (Phi) is 1.98. The molecule has 2 heterocycles. The number of rotatable bonds is 1. The lowest BCUT2D eigenvalue weighted by Gasteiger charge is -2.04. The summed E-state index contributed by atoms with van der Waals surface area (Å²) < 4.78 is 1.92. The monoisotopic (exact) mass is 229 g/mol. The highest BCUT2D eigenvalue weighted by atomic mass is 16.4. The molecule has 2 N–H and O–H groups in total. The van der Waals surface area contributed by atoms with Crippen LogP contribution in [0.25, 0.3) is 16.6 Å². The van der Waals surface area contributed by atoms with Crippen molar-refractivity contribution in [3.8, 4) is 5.75 Å². The molecule has 2 aromatic rings. The Morgan fingerprint density at radius 2 is 2.12 bits per heavy atom. The van der Waals surface area contributed by atoms with E-state index in [2.05, 4.69) is 0 Å². The van der Waals surface area contributed by atoms with E-state index >= 15 is 0 Å². The third-order valence-electron chi connectivity index (χ3n) is 3.08. The molecule has 4 heteroatoms. The summed E-state index contributed by atoms with van der Waals surface area (Å²) in [6.45, 7) is 0. The summed E-state index contributed by atoms with van der Waals surface area (Å²) in [6, 6.07) is 7.18. The van der Waals surface area contributed by atoms with Gasteiger partial charge < -0.3 is 14.8 Å². The summed E-state index contributed by atoms with van der Waals surface area (Å²) >= 11 is 0. The molecule has 0 radical (unpaired) electrons. The van der Waals surface area contributed by atoms with Crippen LogP contribution in [0.5, 0.6) is 5.75 Å². The van der Waals surface area contributed by atoms with Crippen LogP contribution in [0.15, 0.2) is 30.3 Å². The normalized spacial score (nSPS) is 16.6. The molecule has 0 amide bonds. The van der Waals surface area contributed by atoms with Gasteiger partial charge in [-0.25, -0.2) is 4.79 Å². The smallest absolute Gasteiger partial charge is 0.330 e. The van der Waals surface area contributed by atoms with Crippen LogP contribution in [0.4, 0.5) is 0 Å². The fraction of sp³-hybridized carbons (Fsp3) is 0.154. The topological polar surface area (TPSA) is 62.5 Å². The largest absolute Gasteiger partial charge is 0.508 e. The van der Waals surface area contributed by atoms with Crippen molar-refractivity contribution in [3.63, 3.8) is 0 Å². The number of carboxylic acids is 1. The third-order valence-corrected chi connectivity index (χ3v) is 3.08. The van der Waals surface area contributed by atoms with Crippen molar-refractivity contribution in [2.45, 2.75) is 12.8 Å². The average molecular weight is 229 g/mol. The number of phenols is 1. The van der Waals surface area contributed by atoms with E-state index in [1.807, 2.05) is 16.7 Å². The van der Waals surface area contributed by atoms with E-state index in [1.54, 1.807) is 12.1 Å². The van der Waals surface area contributed by atoms with E-state index in [0.717, 1.165) is 35.1 Å². The Morgan fingerprint density at radius 1 is 1.29 bits per heavy atom. The van der Waals surface area contributed by atoms with Gasteiger partial charge in [-0.2, -0.15) is 0 Å². The molecule has 4 nitrogen and oxygen atoms in total. The molecular formula is C13H11NO3. The first kappa shape index (κ1) is 9.96. The van der Waals surface area contributed by atoms with Crippen molar-refractivity contribution in [2.75, 3.05) is 0 Å². The molecule has 1 aromatic carbocycles. The number of hydrogen-bond acceptors (Lipinski definition) is 2. The zero-order valence-electron chi connectivity index (χ0n) is 9.05. The molecule has 1 aliphatic heterocycles. The Labute approximate surface area is 97.4 Å². The van der Waals surface area contributed by atoms with Gasteiger partial charge in [0.1, 0.15) is 5.75 Å². The van der Waals surface area contributed by atoms with Gasteiger partial charge in [-0.3, -0.25) is 0 Å². The number of carboxylic acid groups (broad SMARTS) is 1. The lowest BCUT2D eigenvalue weighted by Crippen LogP contribution is -1.96. The van der Waals surface area contributed by atoms with Crippen molar-refractivity contribution < 1.29 is 15.0 Å². The minimum atomic E-state index is -0.935. The molecule has 0 unspecified atom stereocenters. The number of benzene rings is 1. The Bertz CT molecular complexity index is 652. The number of nitrogens with zero attached hydrogens (tertiary/aromatic N) is 1. The highest BCUT2D eigenvalue weighted by Gasteiger charge is 2.19. The minimum Gasteiger partial charge on any atom is -0.508 e. The van der Waals surface area contributed by atoms with Crippen LogP contribution in [0.1, 0.15) is 12.1 Å². The van der Waals surface area contributed by atoms with Crippen LogP contribution in [0.2, 0.25) is 0 Å². The van der Waals surface area contributed by atoms with Crippen LogP contribution >= 0.6 is 0 Å². The van der Waals surface area contributed by atoms with E-state index in [-0.39, 0.29) is 5.75 Å². The number of carbonyl (C=O) groups is 1. The predicted molar refractivity (Wildman–Crippen MR) is 63.8 cm³/mol. The predicted octanol–water partition coefficient (Wildman–Crippen LogP) is 2.22. The van der Waals surface area contributed by atoms with Gasteiger partial charge in [0.05, 0.1) is 5.52 Å². The summed E-state index contributed by atoms with van der Waals surface area (Å²) in [7, 11) is 0. The molecule has 0 fully saturated rings. The number of aromatic nitrogens is 1. The van der Waals surface area contributed by atoms with Gasteiger partial charge in [0.15, 0.2) is 0 Å². The van der Waals surface area contributed by atoms with Gasteiger partial charge >= 0.3 is 5.97 Å². The van der Waals surface area contributed by atoms with Crippen LogP contribution in [0, 0.1) is 0 Å². The van der Waals surface area contributed by atoms with Crippen molar-refractivity contribution >= 4 is 22.6 Å². The minimum absolute atomic E-state index is 0.194. The fourth-order valence-corrected chi connectivity index (χ4v) is 2.42. The van der Waals surface area contributed by atoms with E-state index in [9.17, 15) is 9.90 Å².